The maximum atomic E-state index is 6.25. The molecule has 0 bridgehead atoms. The molecule has 1 fully saturated rings. The highest BCUT2D eigenvalue weighted by molar-refractivity contribution is 5.44. The first-order chi connectivity index (χ1) is 9.17. The van der Waals surface area contributed by atoms with Gasteiger partial charge in [-0.25, -0.2) is 0 Å². The van der Waals surface area contributed by atoms with Crippen molar-refractivity contribution in [2.24, 2.45) is 5.73 Å². The van der Waals surface area contributed by atoms with Gasteiger partial charge in [-0.3, -0.25) is 0 Å². The Morgan fingerprint density at radius 3 is 2.79 bits per heavy atom. The van der Waals surface area contributed by atoms with E-state index in [0.29, 0.717) is 6.10 Å². The zero-order valence-corrected chi connectivity index (χ0v) is 11.5. The van der Waals surface area contributed by atoms with Gasteiger partial charge in [0.05, 0.1) is 19.3 Å². The summed E-state index contributed by atoms with van der Waals surface area (Å²) >= 11 is 0. The van der Waals surface area contributed by atoms with Gasteiger partial charge in [-0.2, -0.15) is 0 Å². The van der Waals surface area contributed by atoms with Gasteiger partial charge in [0.2, 0.25) is 0 Å². The van der Waals surface area contributed by atoms with Crippen molar-refractivity contribution >= 4 is 0 Å². The molecule has 3 unspecified atom stereocenters. The van der Waals surface area contributed by atoms with Crippen molar-refractivity contribution in [1.29, 1.82) is 0 Å². The summed E-state index contributed by atoms with van der Waals surface area (Å²) in [7, 11) is 1.66. The average molecular weight is 263 g/mol. The second-order valence-electron chi connectivity index (χ2n) is 5.46. The van der Waals surface area contributed by atoms with E-state index in [2.05, 4.69) is 6.92 Å². The highest BCUT2D eigenvalue weighted by atomic mass is 16.6. The molecule has 4 atom stereocenters. The number of nitrogens with two attached hydrogens (primary N) is 1. The number of hydrogen-bond donors (Lipinski definition) is 1. The molecule has 1 aromatic carbocycles. The van der Waals surface area contributed by atoms with Crippen molar-refractivity contribution in [2.45, 2.75) is 50.5 Å². The van der Waals surface area contributed by atoms with E-state index in [-0.39, 0.29) is 18.2 Å². The van der Waals surface area contributed by atoms with Crippen molar-refractivity contribution in [1.82, 2.24) is 0 Å². The highest BCUT2D eigenvalue weighted by Crippen LogP contribution is 2.39. The van der Waals surface area contributed by atoms with Crippen LogP contribution in [-0.2, 0) is 4.74 Å². The maximum Gasteiger partial charge on any atom is 0.128 e. The molecule has 1 aromatic rings. The average Bonchev–Trinajstić information content (AvgIpc) is 2.84. The van der Waals surface area contributed by atoms with Crippen molar-refractivity contribution in [3.05, 3.63) is 23.8 Å². The summed E-state index contributed by atoms with van der Waals surface area (Å²) in [6.07, 6.45) is 3.52. The quantitative estimate of drug-likeness (QED) is 0.890. The predicted molar refractivity (Wildman–Crippen MR) is 72.5 cm³/mol. The fraction of sp³-hybridized carbons (Fsp3) is 0.600. The molecule has 19 heavy (non-hydrogen) atoms. The van der Waals surface area contributed by atoms with Gasteiger partial charge in [-0.15, -0.1) is 0 Å². The molecule has 2 N–H and O–H groups in total. The Morgan fingerprint density at radius 1 is 1.26 bits per heavy atom. The van der Waals surface area contributed by atoms with E-state index in [4.69, 9.17) is 19.9 Å². The molecule has 4 nitrogen and oxygen atoms in total. The number of hydrogen-bond acceptors (Lipinski definition) is 4. The second kappa shape index (κ2) is 5.02. The number of ether oxygens (including phenoxy) is 3. The van der Waals surface area contributed by atoms with E-state index >= 15 is 0 Å². The molecule has 2 aliphatic rings. The highest BCUT2D eigenvalue weighted by Gasteiger charge is 2.36. The minimum atomic E-state index is 0.0131. The maximum absolute atomic E-state index is 6.25. The lowest BCUT2D eigenvalue weighted by atomic mass is 9.93. The monoisotopic (exact) mass is 263 g/mol. The predicted octanol–water partition coefficient (Wildman–Crippen LogP) is 2.41. The van der Waals surface area contributed by atoms with E-state index < -0.39 is 0 Å². The molecule has 0 saturated carbocycles. The Hall–Kier alpha value is -1.26. The molecule has 2 aliphatic heterocycles. The smallest absolute Gasteiger partial charge is 0.128 e. The van der Waals surface area contributed by atoms with E-state index in [1.165, 1.54) is 0 Å². The van der Waals surface area contributed by atoms with Gasteiger partial charge >= 0.3 is 0 Å². The lowest BCUT2D eigenvalue weighted by Crippen LogP contribution is -2.38. The van der Waals surface area contributed by atoms with E-state index in [9.17, 15) is 0 Å². The molecule has 104 valence electrons. The molecule has 0 aromatic heterocycles. The lowest BCUT2D eigenvalue weighted by molar-refractivity contribution is -0.0282. The number of methoxy groups -OCH3 is 1. The summed E-state index contributed by atoms with van der Waals surface area (Å²) in [6, 6.07) is 5.85. The largest absolute Gasteiger partial charge is 0.497 e. The third-order valence-corrected chi connectivity index (χ3v) is 4.06. The first-order valence-corrected chi connectivity index (χ1v) is 6.93. The molecule has 0 amide bonds. The summed E-state index contributed by atoms with van der Waals surface area (Å²) in [5.74, 6) is 1.64. The number of benzene rings is 1. The second-order valence-corrected chi connectivity index (χ2v) is 5.46. The topological polar surface area (TPSA) is 53.7 Å². The van der Waals surface area contributed by atoms with Crippen LogP contribution < -0.4 is 15.2 Å². The number of rotatable bonds is 2. The third kappa shape index (κ3) is 2.42. The normalized spacial score (nSPS) is 33.6. The Labute approximate surface area is 113 Å². The summed E-state index contributed by atoms with van der Waals surface area (Å²) < 4.78 is 17.2. The summed E-state index contributed by atoms with van der Waals surface area (Å²) in [5, 5.41) is 0. The fourth-order valence-corrected chi connectivity index (χ4v) is 2.97. The molecule has 1 saturated heterocycles. The molecule has 3 rings (SSSR count). The number of fused-ring (bicyclic) bond motifs is 1. The van der Waals surface area contributed by atoms with Crippen molar-refractivity contribution in [3.8, 4) is 11.5 Å². The Morgan fingerprint density at radius 2 is 2.11 bits per heavy atom. The van der Waals surface area contributed by atoms with Gasteiger partial charge in [0.1, 0.15) is 17.6 Å². The van der Waals surface area contributed by atoms with Crippen LogP contribution in [0.5, 0.6) is 11.5 Å². The van der Waals surface area contributed by atoms with Crippen molar-refractivity contribution < 1.29 is 14.2 Å². The van der Waals surface area contributed by atoms with Crippen LogP contribution in [0.25, 0.3) is 0 Å². The van der Waals surface area contributed by atoms with Gasteiger partial charge in [0, 0.05) is 24.1 Å². The summed E-state index contributed by atoms with van der Waals surface area (Å²) in [5.41, 5.74) is 7.31. The summed E-state index contributed by atoms with van der Waals surface area (Å²) in [4.78, 5) is 0. The van der Waals surface area contributed by atoms with Crippen LogP contribution in [0.15, 0.2) is 18.2 Å². The molecular formula is C15H21NO3. The van der Waals surface area contributed by atoms with Crippen LogP contribution in [-0.4, -0.2) is 25.4 Å². The van der Waals surface area contributed by atoms with Gasteiger partial charge in [0.15, 0.2) is 0 Å². The molecule has 0 radical (unpaired) electrons. The van der Waals surface area contributed by atoms with Crippen LogP contribution in [0.1, 0.15) is 37.8 Å². The van der Waals surface area contributed by atoms with E-state index in [0.717, 1.165) is 36.3 Å². The van der Waals surface area contributed by atoms with Crippen molar-refractivity contribution in [2.75, 3.05) is 7.11 Å². The Kier molecular flexibility index (Phi) is 3.37. The molecular weight excluding hydrogens is 242 g/mol. The minimum Gasteiger partial charge on any atom is -0.497 e. The lowest BCUT2D eigenvalue weighted by Gasteiger charge is -2.33. The fourth-order valence-electron chi connectivity index (χ4n) is 2.97. The van der Waals surface area contributed by atoms with Crippen LogP contribution in [0.2, 0.25) is 0 Å². The third-order valence-electron chi connectivity index (χ3n) is 4.06. The molecule has 2 heterocycles. The van der Waals surface area contributed by atoms with Gasteiger partial charge in [-0.05, 0) is 25.8 Å². The van der Waals surface area contributed by atoms with Crippen LogP contribution in [0.3, 0.4) is 0 Å². The molecule has 0 aliphatic carbocycles. The van der Waals surface area contributed by atoms with Crippen LogP contribution >= 0.6 is 0 Å². The van der Waals surface area contributed by atoms with Gasteiger partial charge < -0.3 is 19.9 Å². The van der Waals surface area contributed by atoms with Gasteiger partial charge in [0.25, 0.3) is 0 Å². The van der Waals surface area contributed by atoms with Gasteiger partial charge in [-0.1, -0.05) is 6.07 Å². The summed E-state index contributed by atoms with van der Waals surface area (Å²) in [6.45, 7) is 2.11. The Bertz CT molecular complexity index is 463. The van der Waals surface area contributed by atoms with E-state index in [1.807, 2.05) is 18.2 Å². The van der Waals surface area contributed by atoms with E-state index in [1.54, 1.807) is 7.11 Å². The van der Waals surface area contributed by atoms with Crippen LogP contribution in [0.4, 0.5) is 0 Å². The SMILES string of the molecule is COc1ccc2c(c1)OC(C1CCC(C)O1)C[C@H]2N. The first kappa shape index (κ1) is 12.8. The van der Waals surface area contributed by atoms with Crippen LogP contribution in [0, 0.1) is 0 Å². The minimum absolute atomic E-state index is 0.0131. The standard InChI is InChI=1S/C15H21NO3/c1-9-3-6-13(18-9)15-8-12(16)11-5-4-10(17-2)7-14(11)19-15/h4-5,7,9,12-13,15H,3,6,8,16H2,1-2H3/t9?,12-,13?,15?/m1/s1. The molecule has 4 heteroatoms. The zero-order chi connectivity index (χ0) is 13.4. The Balaban J connectivity index is 1.82. The molecule has 0 spiro atoms. The van der Waals surface area contributed by atoms with Crippen molar-refractivity contribution in [3.63, 3.8) is 0 Å². The zero-order valence-electron chi connectivity index (χ0n) is 11.5. The first-order valence-electron chi connectivity index (χ1n) is 6.93.